The van der Waals surface area contributed by atoms with Crippen LogP contribution >= 0.6 is 22.9 Å². The van der Waals surface area contributed by atoms with E-state index < -0.39 is 0 Å². The smallest absolute Gasteiger partial charge is 0.0412 e. The van der Waals surface area contributed by atoms with Gasteiger partial charge in [-0.2, -0.15) is 0 Å². The fourth-order valence-corrected chi connectivity index (χ4v) is 2.74. The monoisotopic (exact) mass is 237 g/mol. The van der Waals surface area contributed by atoms with E-state index in [4.69, 9.17) is 17.3 Å². The van der Waals surface area contributed by atoms with Crippen molar-refractivity contribution in [3.05, 3.63) is 45.8 Å². The zero-order valence-electron chi connectivity index (χ0n) is 8.46. The molecular weight excluding hydrogens is 226 g/mol. The van der Waals surface area contributed by atoms with E-state index in [1.165, 1.54) is 10.4 Å². The van der Waals surface area contributed by atoms with E-state index in [1.807, 2.05) is 18.2 Å². The third-order valence-electron chi connectivity index (χ3n) is 2.40. The van der Waals surface area contributed by atoms with Crippen molar-refractivity contribution in [3.63, 3.8) is 0 Å². The van der Waals surface area contributed by atoms with Crippen LogP contribution < -0.4 is 5.73 Å². The average Bonchev–Trinajstić information content (AvgIpc) is 2.64. The summed E-state index contributed by atoms with van der Waals surface area (Å²) in [6.45, 7) is 2.65. The fraction of sp³-hybridized carbons (Fsp3) is 0.167. The van der Waals surface area contributed by atoms with Crippen LogP contribution in [0.4, 0.5) is 0 Å². The van der Waals surface area contributed by atoms with Crippen molar-refractivity contribution in [2.75, 3.05) is 0 Å². The van der Waals surface area contributed by atoms with E-state index in [2.05, 4.69) is 18.4 Å². The van der Waals surface area contributed by atoms with Crippen LogP contribution in [0.25, 0.3) is 10.4 Å². The van der Waals surface area contributed by atoms with Gasteiger partial charge in [-0.15, -0.1) is 11.3 Å². The van der Waals surface area contributed by atoms with Gasteiger partial charge in [-0.3, -0.25) is 0 Å². The summed E-state index contributed by atoms with van der Waals surface area (Å²) in [6.07, 6.45) is 0. The Bertz CT molecular complexity index is 476. The van der Waals surface area contributed by atoms with Crippen LogP contribution in [0.5, 0.6) is 0 Å². The molecule has 0 atom stereocenters. The lowest BCUT2D eigenvalue weighted by molar-refractivity contribution is 1.07. The molecule has 15 heavy (non-hydrogen) atoms. The molecule has 3 heteroatoms. The molecule has 2 rings (SSSR count). The van der Waals surface area contributed by atoms with Crippen molar-refractivity contribution in [2.45, 2.75) is 13.5 Å². The van der Waals surface area contributed by atoms with Crippen LogP contribution in [-0.4, -0.2) is 0 Å². The molecule has 0 unspecified atom stereocenters. The first-order valence-corrected chi connectivity index (χ1v) is 6.01. The third-order valence-corrected chi connectivity index (χ3v) is 3.68. The normalized spacial score (nSPS) is 10.6. The Kier molecular flexibility index (Phi) is 3.10. The number of benzene rings is 1. The molecule has 0 saturated heterocycles. The van der Waals surface area contributed by atoms with Gasteiger partial charge in [0.1, 0.15) is 0 Å². The summed E-state index contributed by atoms with van der Waals surface area (Å²) in [5.41, 5.74) is 9.30. The lowest BCUT2D eigenvalue weighted by Crippen LogP contribution is -1.98. The summed E-state index contributed by atoms with van der Waals surface area (Å²) in [4.78, 5) is 1.26. The zero-order valence-corrected chi connectivity index (χ0v) is 10.0. The second-order valence-electron chi connectivity index (χ2n) is 3.44. The Balaban J connectivity index is 2.60. The molecule has 1 nitrogen and oxygen atoms in total. The van der Waals surface area contributed by atoms with Gasteiger partial charge in [-0.05, 0) is 47.2 Å². The molecule has 0 aliphatic heterocycles. The summed E-state index contributed by atoms with van der Waals surface area (Å²) >= 11 is 7.73. The predicted octanol–water partition coefficient (Wildman–Crippen LogP) is 3.84. The summed E-state index contributed by atoms with van der Waals surface area (Å²) < 4.78 is 0. The molecule has 0 bridgehead atoms. The zero-order chi connectivity index (χ0) is 10.8. The molecule has 1 aromatic carbocycles. The lowest BCUT2D eigenvalue weighted by atomic mass is 10.0. The molecule has 1 aromatic heterocycles. The number of nitrogens with two attached hydrogens (primary N) is 1. The van der Waals surface area contributed by atoms with Crippen molar-refractivity contribution < 1.29 is 0 Å². The predicted molar refractivity (Wildman–Crippen MR) is 67.4 cm³/mol. The molecular formula is C12H12ClNS. The van der Waals surface area contributed by atoms with Crippen LogP contribution in [0.15, 0.2) is 29.6 Å². The topological polar surface area (TPSA) is 26.0 Å². The van der Waals surface area contributed by atoms with Crippen molar-refractivity contribution >= 4 is 22.9 Å². The Morgan fingerprint density at radius 1 is 1.33 bits per heavy atom. The number of hydrogen-bond acceptors (Lipinski definition) is 2. The molecule has 2 aromatic rings. The van der Waals surface area contributed by atoms with Gasteiger partial charge in [0, 0.05) is 16.4 Å². The van der Waals surface area contributed by atoms with Crippen LogP contribution in [0.1, 0.15) is 11.1 Å². The molecule has 2 N–H and O–H groups in total. The second kappa shape index (κ2) is 4.35. The largest absolute Gasteiger partial charge is 0.326 e. The van der Waals surface area contributed by atoms with Gasteiger partial charge >= 0.3 is 0 Å². The Labute approximate surface area is 98.5 Å². The summed E-state index contributed by atoms with van der Waals surface area (Å²) in [6, 6.07) is 7.98. The third kappa shape index (κ3) is 2.07. The van der Waals surface area contributed by atoms with Crippen LogP contribution in [-0.2, 0) is 6.54 Å². The number of rotatable bonds is 2. The maximum Gasteiger partial charge on any atom is 0.0412 e. The number of halogens is 1. The number of aryl methyl sites for hydroxylation is 1. The Hall–Kier alpha value is -0.830. The minimum absolute atomic E-state index is 0.545. The molecule has 0 radical (unpaired) electrons. The Morgan fingerprint density at radius 3 is 2.73 bits per heavy atom. The van der Waals surface area contributed by atoms with Gasteiger partial charge in [0.25, 0.3) is 0 Å². The SMILES string of the molecule is Cc1ccsc1-c1cc(Cl)ccc1CN. The van der Waals surface area contributed by atoms with E-state index in [9.17, 15) is 0 Å². The van der Waals surface area contributed by atoms with Crippen LogP contribution in [0, 0.1) is 6.92 Å². The van der Waals surface area contributed by atoms with Gasteiger partial charge in [-0.1, -0.05) is 17.7 Å². The lowest BCUT2D eigenvalue weighted by Gasteiger charge is -2.07. The molecule has 78 valence electrons. The van der Waals surface area contributed by atoms with Gasteiger partial charge in [0.05, 0.1) is 0 Å². The molecule has 0 aliphatic rings. The quantitative estimate of drug-likeness (QED) is 0.844. The first-order valence-electron chi connectivity index (χ1n) is 4.75. The van der Waals surface area contributed by atoms with Crippen molar-refractivity contribution in [1.29, 1.82) is 0 Å². The molecule has 1 heterocycles. The summed E-state index contributed by atoms with van der Waals surface area (Å²) in [5, 5.41) is 2.85. The molecule has 0 aliphatic carbocycles. The van der Waals surface area contributed by atoms with Gasteiger partial charge in [-0.25, -0.2) is 0 Å². The highest BCUT2D eigenvalue weighted by atomic mass is 35.5. The molecule has 0 amide bonds. The van der Waals surface area contributed by atoms with Crippen LogP contribution in [0.2, 0.25) is 5.02 Å². The van der Waals surface area contributed by atoms with E-state index in [-0.39, 0.29) is 0 Å². The average molecular weight is 238 g/mol. The van der Waals surface area contributed by atoms with Gasteiger partial charge in [0.15, 0.2) is 0 Å². The Morgan fingerprint density at radius 2 is 2.13 bits per heavy atom. The standard InChI is InChI=1S/C12H12ClNS/c1-8-4-5-15-12(8)11-6-10(13)3-2-9(11)7-14/h2-6H,7,14H2,1H3. The minimum Gasteiger partial charge on any atom is -0.326 e. The first kappa shape index (κ1) is 10.7. The van der Waals surface area contributed by atoms with Crippen LogP contribution in [0.3, 0.4) is 0 Å². The summed E-state index contributed by atoms with van der Waals surface area (Å²) in [5.74, 6) is 0. The van der Waals surface area contributed by atoms with E-state index in [0.29, 0.717) is 6.54 Å². The maximum atomic E-state index is 6.01. The molecule has 0 saturated carbocycles. The van der Waals surface area contributed by atoms with Gasteiger partial charge in [0.2, 0.25) is 0 Å². The number of thiophene rings is 1. The molecule has 0 fully saturated rings. The van der Waals surface area contributed by atoms with Crippen molar-refractivity contribution in [3.8, 4) is 10.4 Å². The van der Waals surface area contributed by atoms with Crippen molar-refractivity contribution in [2.24, 2.45) is 5.73 Å². The first-order chi connectivity index (χ1) is 7.22. The fourth-order valence-electron chi connectivity index (χ4n) is 1.59. The highest BCUT2D eigenvalue weighted by Crippen LogP contribution is 2.33. The van der Waals surface area contributed by atoms with E-state index in [1.54, 1.807) is 11.3 Å². The van der Waals surface area contributed by atoms with E-state index in [0.717, 1.165) is 16.1 Å². The molecule has 0 spiro atoms. The van der Waals surface area contributed by atoms with Gasteiger partial charge < -0.3 is 5.73 Å². The van der Waals surface area contributed by atoms with Crippen molar-refractivity contribution in [1.82, 2.24) is 0 Å². The maximum absolute atomic E-state index is 6.01. The minimum atomic E-state index is 0.545. The number of hydrogen-bond donors (Lipinski definition) is 1. The summed E-state index contributed by atoms with van der Waals surface area (Å²) in [7, 11) is 0. The highest BCUT2D eigenvalue weighted by molar-refractivity contribution is 7.13. The highest BCUT2D eigenvalue weighted by Gasteiger charge is 2.08. The van der Waals surface area contributed by atoms with E-state index >= 15 is 0 Å². The second-order valence-corrected chi connectivity index (χ2v) is 4.79.